The minimum atomic E-state index is 0. The molecule has 0 spiro atoms. The molecular weight excluding hydrogens is 272 g/mol. The number of carbonyl (C=O) groups is 1. The number of carbonyl (C=O) groups excluding carboxylic acids is 1. The maximum absolute atomic E-state index is 12.8. The van der Waals surface area contributed by atoms with Crippen molar-refractivity contribution in [2.75, 3.05) is 19.6 Å². The lowest BCUT2D eigenvalue weighted by Gasteiger charge is -2.40. The third kappa shape index (κ3) is 2.71. The highest BCUT2D eigenvalue weighted by Gasteiger charge is 2.51. The summed E-state index contributed by atoms with van der Waals surface area (Å²) in [6, 6.07) is 0.497. The Hall–Kier alpha value is -0.280. The van der Waals surface area contributed by atoms with E-state index in [1.807, 2.05) is 0 Å². The fraction of sp³-hybridized carbons (Fsp3) is 0.938. The minimum Gasteiger partial charge on any atom is -0.339 e. The first-order valence-electron chi connectivity index (χ1n) is 7.81. The Labute approximate surface area is 129 Å². The number of nitrogens with one attached hydrogen (secondary N) is 1. The van der Waals surface area contributed by atoms with E-state index in [-0.39, 0.29) is 18.3 Å². The van der Waals surface area contributed by atoms with Gasteiger partial charge in [0, 0.05) is 18.5 Å². The highest BCUT2D eigenvalue weighted by atomic mass is 35.5. The van der Waals surface area contributed by atoms with Crippen LogP contribution >= 0.6 is 12.4 Å². The van der Waals surface area contributed by atoms with Crippen LogP contribution < -0.4 is 5.32 Å². The molecule has 3 atom stereocenters. The third-order valence-corrected chi connectivity index (χ3v) is 5.61. The summed E-state index contributed by atoms with van der Waals surface area (Å²) < 4.78 is 0. The van der Waals surface area contributed by atoms with Crippen LogP contribution in [0.3, 0.4) is 0 Å². The molecule has 1 aliphatic carbocycles. The second-order valence-corrected chi connectivity index (χ2v) is 8.39. The highest BCUT2D eigenvalue weighted by Crippen LogP contribution is 2.52. The van der Waals surface area contributed by atoms with Crippen molar-refractivity contribution in [2.45, 2.75) is 53.0 Å². The van der Waals surface area contributed by atoms with Gasteiger partial charge in [-0.3, -0.25) is 4.79 Å². The molecule has 4 heteroatoms. The lowest BCUT2D eigenvalue weighted by Crippen LogP contribution is -2.51. The van der Waals surface area contributed by atoms with Crippen molar-refractivity contribution in [3.05, 3.63) is 0 Å². The number of hydrogen-bond acceptors (Lipinski definition) is 2. The first-order chi connectivity index (χ1) is 8.80. The van der Waals surface area contributed by atoms with Gasteiger partial charge in [0.2, 0.25) is 5.91 Å². The van der Waals surface area contributed by atoms with Gasteiger partial charge in [0.25, 0.3) is 0 Å². The molecule has 20 heavy (non-hydrogen) atoms. The van der Waals surface area contributed by atoms with Crippen molar-refractivity contribution in [2.24, 2.45) is 22.7 Å². The summed E-state index contributed by atoms with van der Waals surface area (Å²) in [5, 5.41) is 3.28. The zero-order valence-electron chi connectivity index (χ0n) is 13.2. The summed E-state index contributed by atoms with van der Waals surface area (Å²) >= 11 is 0. The summed E-state index contributed by atoms with van der Waals surface area (Å²) in [5.41, 5.74) is 0.758. The van der Waals surface area contributed by atoms with Crippen LogP contribution in [0.4, 0.5) is 0 Å². The predicted octanol–water partition coefficient (Wildman–Crippen LogP) is 2.69. The van der Waals surface area contributed by atoms with Gasteiger partial charge >= 0.3 is 0 Å². The number of likely N-dealkylation sites (tertiary alicyclic amines) is 1. The van der Waals surface area contributed by atoms with Crippen molar-refractivity contribution < 1.29 is 4.79 Å². The SMILES string of the molecule is CC(C(=O)N1CC2(C)CC1CC(C)(C)C2)C1CNC1.Cl. The van der Waals surface area contributed by atoms with Crippen molar-refractivity contribution in [3.63, 3.8) is 0 Å². The molecule has 3 nitrogen and oxygen atoms in total. The maximum atomic E-state index is 12.8. The van der Waals surface area contributed by atoms with Crippen molar-refractivity contribution in [1.82, 2.24) is 10.2 Å². The lowest BCUT2D eigenvalue weighted by atomic mass is 9.65. The van der Waals surface area contributed by atoms with Gasteiger partial charge < -0.3 is 10.2 Å². The Kier molecular flexibility index (Phi) is 4.16. The molecule has 2 heterocycles. The van der Waals surface area contributed by atoms with Gasteiger partial charge in [0.15, 0.2) is 0 Å². The van der Waals surface area contributed by atoms with Crippen LogP contribution in [0.15, 0.2) is 0 Å². The fourth-order valence-corrected chi connectivity index (χ4v) is 4.85. The number of hydrogen-bond donors (Lipinski definition) is 1. The largest absolute Gasteiger partial charge is 0.339 e. The molecule has 1 amide bonds. The van der Waals surface area contributed by atoms with E-state index in [1.54, 1.807) is 0 Å². The normalized spacial score (nSPS) is 37.0. The molecule has 3 aliphatic rings. The standard InChI is InChI=1S/C16H28N2O.ClH/c1-11(12-7-17-8-12)14(19)18-10-16(4)6-13(18)5-15(2,3)9-16;/h11-13,17H,5-10H2,1-4H3;1H. The van der Waals surface area contributed by atoms with Gasteiger partial charge in [-0.25, -0.2) is 0 Å². The molecule has 2 saturated heterocycles. The van der Waals surface area contributed by atoms with Crippen LogP contribution in [0.1, 0.15) is 47.0 Å². The molecule has 0 aromatic rings. The van der Waals surface area contributed by atoms with Crippen LogP contribution in [-0.4, -0.2) is 36.5 Å². The van der Waals surface area contributed by atoms with E-state index < -0.39 is 0 Å². The molecule has 2 aliphatic heterocycles. The van der Waals surface area contributed by atoms with Gasteiger partial charge in [0.1, 0.15) is 0 Å². The average Bonchev–Trinajstić information content (AvgIpc) is 2.43. The van der Waals surface area contributed by atoms with Crippen LogP contribution in [0.25, 0.3) is 0 Å². The number of rotatable bonds is 2. The number of fused-ring (bicyclic) bond motifs is 2. The van der Waals surface area contributed by atoms with Crippen LogP contribution in [0, 0.1) is 22.7 Å². The first-order valence-corrected chi connectivity index (χ1v) is 7.81. The van der Waals surface area contributed by atoms with E-state index in [4.69, 9.17) is 0 Å². The quantitative estimate of drug-likeness (QED) is 0.850. The van der Waals surface area contributed by atoms with E-state index in [2.05, 4.69) is 37.9 Å². The molecule has 3 fully saturated rings. The molecule has 1 saturated carbocycles. The Balaban J connectivity index is 0.00000147. The van der Waals surface area contributed by atoms with E-state index >= 15 is 0 Å². The van der Waals surface area contributed by atoms with Gasteiger partial charge in [-0.05, 0) is 49.1 Å². The second-order valence-electron chi connectivity index (χ2n) is 8.39. The minimum absolute atomic E-state index is 0. The monoisotopic (exact) mass is 300 g/mol. The molecule has 0 aromatic heterocycles. The van der Waals surface area contributed by atoms with Crippen molar-refractivity contribution in [1.29, 1.82) is 0 Å². The highest BCUT2D eigenvalue weighted by molar-refractivity contribution is 5.85. The topological polar surface area (TPSA) is 32.3 Å². The lowest BCUT2D eigenvalue weighted by molar-refractivity contribution is -0.138. The average molecular weight is 301 g/mol. The second kappa shape index (κ2) is 5.17. The Morgan fingerprint density at radius 3 is 2.45 bits per heavy atom. The van der Waals surface area contributed by atoms with E-state index in [1.165, 1.54) is 19.3 Å². The fourth-order valence-electron chi connectivity index (χ4n) is 4.85. The van der Waals surface area contributed by atoms with Gasteiger partial charge in [-0.15, -0.1) is 12.4 Å². The molecule has 3 unspecified atom stereocenters. The Bertz CT molecular complexity index is 394. The summed E-state index contributed by atoms with van der Waals surface area (Å²) in [4.78, 5) is 15.0. The Morgan fingerprint density at radius 1 is 1.25 bits per heavy atom. The van der Waals surface area contributed by atoms with E-state index in [0.717, 1.165) is 19.6 Å². The number of halogens is 1. The van der Waals surface area contributed by atoms with Gasteiger partial charge in [-0.1, -0.05) is 27.7 Å². The smallest absolute Gasteiger partial charge is 0.226 e. The summed E-state index contributed by atoms with van der Waals surface area (Å²) in [7, 11) is 0. The third-order valence-electron chi connectivity index (χ3n) is 5.61. The molecule has 116 valence electrons. The first kappa shape index (κ1) is 16.1. The van der Waals surface area contributed by atoms with Crippen LogP contribution in [0.2, 0.25) is 0 Å². The molecule has 1 N–H and O–H groups in total. The molecule has 2 bridgehead atoms. The predicted molar refractivity (Wildman–Crippen MR) is 84.0 cm³/mol. The summed E-state index contributed by atoms with van der Waals surface area (Å²) in [6.45, 7) is 12.3. The van der Waals surface area contributed by atoms with E-state index in [0.29, 0.717) is 28.7 Å². The van der Waals surface area contributed by atoms with Crippen molar-refractivity contribution >= 4 is 18.3 Å². The number of nitrogens with zero attached hydrogens (tertiary/aromatic N) is 1. The van der Waals surface area contributed by atoms with Gasteiger partial charge in [0.05, 0.1) is 0 Å². The van der Waals surface area contributed by atoms with Crippen LogP contribution in [0.5, 0.6) is 0 Å². The molecule has 0 aromatic carbocycles. The Morgan fingerprint density at radius 2 is 1.90 bits per heavy atom. The number of amides is 1. The van der Waals surface area contributed by atoms with Gasteiger partial charge in [-0.2, -0.15) is 0 Å². The molecule has 0 radical (unpaired) electrons. The molecular formula is C16H29ClN2O. The zero-order valence-corrected chi connectivity index (χ0v) is 14.1. The zero-order chi connectivity index (χ0) is 13.8. The van der Waals surface area contributed by atoms with Crippen molar-refractivity contribution in [3.8, 4) is 0 Å². The van der Waals surface area contributed by atoms with E-state index in [9.17, 15) is 4.79 Å². The summed E-state index contributed by atoms with van der Waals surface area (Å²) in [5.74, 6) is 1.18. The molecule has 3 rings (SSSR count). The maximum Gasteiger partial charge on any atom is 0.226 e. The van der Waals surface area contributed by atoms with Crippen LogP contribution in [-0.2, 0) is 4.79 Å². The summed E-state index contributed by atoms with van der Waals surface area (Å²) in [6.07, 6.45) is 3.67.